The van der Waals surface area contributed by atoms with Crippen LogP contribution in [0.2, 0.25) is 4.34 Å². The van der Waals surface area contributed by atoms with Gasteiger partial charge in [0.1, 0.15) is 9.34 Å². The lowest BCUT2D eigenvalue weighted by Gasteiger charge is -2.17. The number of hydrogen-bond acceptors (Lipinski definition) is 5. The number of nitrogens with zero attached hydrogens (tertiary/aromatic N) is 1. The van der Waals surface area contributed by atoms with Crippen molar-refractivity contribution in [1.29, 1.82) is 0 Å². The van der Waals surface area contributed by atoms with Crippen LogP contribution in [0, 0.1) is 0 Å². The molecule has 1 aromatic heterocycles. The zero-order valence-electron chi connectivity index (χ0n) is 9.33. The van der Waals surface area contributed by atoms with E-state index >= 15 is 0 Å². The Morgan fingerprint density at radius 3 is 3.06 bits per heavy atom. The first-order valence-corrected chi connectivity index (χ1v) is 6.37. The molecule has 1 unspecified atom stereocenters. The van der Waals surface area contributed by atoms with E-state index in [0.29, 0.717) is 6.61 Å². The summed E-state index contributed by atoms with van der Waals surface area (Å²) < 4.78 is 11.8. The Balaban J connectivity index is 1.69. The van der Waals surface area contributed by atoms with Gasteiger partial charge in [-0.2, -0.15) is 0 Å². The summed E-state index contributed by atoms with van der Waals surface area (Å²) >= 11 is 7.28. The predicted octanol–water partition coefficient (Wildman–Crippen LogP) is 2.04. The van der Waals surface area contributed by atoms with Crippen LogP contribution in [0.5, 0.6) is 0 Å². The van der Waals surface area contributed by atoms with Crippen molar-refractivity contribution in [3.63, 3.8) is 0 Å². The standard InChI is InChI=1S/C10H15ClN2O2S/c1-10(2)14-6-7(15-10)3-12-5-9-13-4-8(11)16-9/h4,7,12H,3,5-6H2,1-2H3. The van der Waals surface area contributed by atoms with Crippen LogP contribution in [-0.4, -0.2) is 30.0 Å². The summed E-state index contributed by atoms with van der Waals surface area (Å²) in [5, 5.41) is 4.27. The number of halogens is 1. The summed E-state index contributed by atoms with van der Waals surface area (Å²) in [4.78, 5) is 4.16. The van der Waals surface area contributed by atoms with Gasteiger partial charge in [0.05, 0.1) is 18.9 Å². The Bertz CT molecular complexity index is 356. The van der Waals surface area contributed by atoms with Crippen molar-refractivity contribution in [2.24, 2.45) is 0 Å². The zero-order valence-corrected chi connectivity index (χ0v) is 10.9. The highest BCUT2D eigenvalue weighted by Gasteiger charge is 2.32. The zero-order chi connectivity index (χ0) is 11.6. The highest BCUT2D eigenvalue weighted by molar-refractivity contribution is 7.15. The number of aromatic nitrogens is 1. The maximum absolute atomic E-state index is 5.79. The maximum atomic E-state index is 5.79. The lowest BCUT2D eigenvalue weighted by Crippen LogP contribution is -2.30. The maximum Gasteiger partial charge on any atom is 0.163 e. The molecular weight excluding hydrogens is 248 g/mol. The average molecular weight is 263 g/mol. The molecule has 90 valence electrons. The number of ether oxygens (including phenoxy) is 2. The van der Waals surface area contributed by atoms with Gasteiger partial charge in [-0.1, -0.05) is 11.6 Å². The molecule has 4 nitrogen and oxygen atoms in total. The molecule has 1 fully saturated rings. The summed E-state index contributed by atoms with van der Waals surface area (Å²) in [6, 6.07) is 0. The molecule has 1 aliphatic rings. The second-order valence-electron chi connectivity index (χ2n) is 4.14. The summed E-state index contributed by atoms with van der Waals surface area (Å²) in [7, 11) is 0. The molecular formula is C10H15ClN2O2S. The van der Waals surface area contributed by atoms with Gasteiger partial charge in [0.15, 0.2) is 5.79 Å². The van der Waals surface area contributed by atoms with E-state index in [0.717, 1.165) is 22.4 Å². The van der Waals surface area contributed by atoms with Crippen LogP contribution in [0.25, 0.3) is 0 Å². The van der Waals surface area contributed by atoms with E-state index in [1.165, 1.54) is 11.3 Å². The number of thiazole rings is 1. The minimum Gasteiger partial charge on any atom is -0.348 e. The molecule has 1 aromatic rings. The lowest BCUT2D eigenvalue weighted by molar-refractivity contribution is -0.137. The van der Waals surface area contributed by atoms with Crippen molar-refractivity contribution >= 4 is 22.9 Å². The Morgan fingerprint density at radius 1 is 1.69 bits per heavy atom. The third-order valence-corrected chi connectivity index (χ3v) is 3.36. The molecule has 0 amide bonds. The molecule has 1 saturated heterocycles. The van der Waals surface area contributed by atoms with Crippen molar-refractivity contribution in [2.75, 3.05) is 13.2 Å². The molecule has 2 rings (SSSR count). The van der Waals surface area contributed by atoms with Gasteiger partial charge < -0.3 is 14.8 Å². The highest BCUT2D eigenvalue weighted by Crippen LogP contribution is 2.22. The van der Waals surface area contributed by atoms with Crippen molar-refractivity contribution in [1.82, 2.24) is 10.3 Å². The van der Waals surface area contributed by atoms with E-state index in [4.69, 9.17) is 21.1 Å². The van der Waals surface area contributed by atoms with Crippen LogP contribution in [0.15, 0.2) is 6.20 Å². The first kappa shape index (κ1) is 12.3. The first-order chi connectivity index (χ1) is 7.55. The van der Waals surface area contributed by atoms with E-state index in [2.05, 4.69) is 10.3 Å². The van der Waals surface area contributed by atoms with Crippen molar-refractivity contribution in [3.05, 3.63) is 15.5 Å². The third-order valence-electron chi connectivity index (χ3n) is 2.24. The molecule has 1 atom stereocenters. The van der Waals surface area contributed by atoms with Crippen molar-refractivity contribution in [2.45, 2.75) is 32.3 Å². The molecule has 0 spiro atoms. The monoisotopic (exact) mass is 262 g/mol. The van der Waals surface area contributed by atoms with E-state index in [1.807, 2.05) is 13.8 Å². The van der Waals surface area contributed by atoms with E-state index < -0.39 is 5.79 Å². The van der Waals surface area contributed by atoms with Crippen molar-refractivity contribution < 1.29 is 9.47 Å². The fourth-order valence-corrected chi connectivity index (χ4v) is 2.50. The van der Waals surface area contributed by atoms with E-state index in [-0.39, 0.29) is 6.10 Å². The molecule has 16 heavy (non-hydrogen) atoms. The SMILES string of the molecule is CC1(C)OCC(CNCc2ncc(Cl)s2)O1. The van der Waals surface area contributed by atoms with Gasteiger partial charge in [-0.05, 0) is 13.8 Å². The molecule has 1 aliphatic heterocycles. The summed E-state index contributed by atoms with van der Waals surface area (Å²) in [6.07, 6.45) is 1.78. The fourth-order valence-electron chi connectivity index (χ4n) is 1.57. The molecule has 0 bridgehead atoms. The van der Waals surface area contributed by atoms with Crippen molar-refractivity contribution in [3.8, 4) is 0 Å². The molecule has 6 heteroatoms. The predicted molar refractivity (Wildman–Crippen MR) is 63.7 cm³/mol. The summed E-state index contributed by atoms with van der Waals surface area (Å²) in [5.41, 5.74) is 0. The molecule has 2 heterocycles. The lowest BCUT2D eigenvalue weighted by atomic mass is 10.3. The third kappa shape index (κ3) is 3.40. The molecule has 1 N–H and O–H groups in total. The van der Waals surface area contributed by atoms with Gasteiger partial charge in [-0.25, -0.2) is 4.98 Å². The van der Waals surface area contributed by atoms with Crippen LogP contribution in [0.3, 0.4) is 0 Å². The minimum absolute atomic E-state index is 0.116. The van der Waals surface area contributed by atoms with E-state index in [9.17, 15) is 0 Å². The Labute approximate surface area is 104 Å². The minimum atomic E-state index is -0.448. The van der Waals surface area contributed by atoms with Crippen LogP contribution in [-0.2, 0) is 16.0 Å². The number of hydrogen-bond donors (Lipinski definition) is 1. The molecule has 0 saturated carbocycles. The fraction of sp³-hybridized carbons (Fsp3) is 0.700. The van der Waals surface area contributed by atoms with Gasteiger partial charge in [0.2, 0.25) is 0 Å². The Kier molecular flexibility index (Phi) is 3.81. The Morgan fingerprint density at radius 2 is 2.50 bits per heavy atom. The smallest absolute Gasteiger partial charge is 0.163 e. The summed E-state index contributed by atoms with van der Waals surface area (Å²) in [6.45, 7) is 5.97. The van der Waals surface area contributed by atoms with Crippen LogP contribution < -0.4 is 5.32 Å². The van der Waals surface area contributed by atoms with E-state index in [1.54, 1.807) is 6.20 Å². The first-order valence-electron chi connectivity index (χ1n) is 5.18. The largest absolute Gasteiger partial charge is 0.348 e. The molecule has 0 aromatic carbocycles. The second-order valence-corrected chi connectivity index (χ2v) is 5.89. The van der Waals surface area contributed by atoms with Gasteiger partial charge >= 0.3 is 0 Å². The van der Waals surface area contributed by atoms with Crippen LogP contribution in [0.1, 0.15) is 18.9 Å². The normalized spacial score (nSPS) is 23.8. The quantitative estimate of drug-likeness (QED) is 0.902. The van der Waals surface area contributed by atoms with Crippen LogP contribution in [0.4, 0.5) is 0 Å². The Hall–Kier alpha value is -0.200. The second kappa shape index (κ2) is 4.98. The molecule has 0 aliphatic carbocycles. The van der Waals surface area contributed by atoms with Gasteiger partial charge in [-0.3, -0.25) is 0 Å². The van der Waals surface area contributed by atoms with Gasteiger partial charge in [0, 0.05) is 13.1 Å². The molecule has 0 radical (unpaired) electrons. The number of nitrogens with one attached hydrogen (secondary N) is 1. The van der Waals surface area contributed by atoms with Gasteiger partial charge in [0.25, 0.3) is 0 Å². The number of rotatable bonds is 4. The average Bonchev–Trinajstić information content (AvgIpc) is 2.73. The topological polar surface area (TPSA) is 43.4 Å². The highest BCUT2D eigenvalue weighted by atomic mass is 35.5. The van der Waals surface area contributed by atoms with Gasteiger partial charge in [-0.15, -0.1) is 11.3 Å². The summed E-state index contributed by atoms with van der Waals surface area (Å²) in [5.74, 6) is -0.448. The van der Waals surface area contributed by atoms with Crippen LogP contribution >= 0.6 is 22.9 Å².